The molecule has 1 fully saturated rings. The van der Waals surface area contributed by atoms with Crippen molar-refractivity contribution in [3.63, 3.8) is 0 Å². The smallest absolute Gasteiger partial charge is 0.326 e. The molecule has 6 nitrogen and oxygen atoms in total. The normalized spacial score (nSPS) is 18.9. The summed E-state index contributed by atoms with van der Waals surface area (Å²) in [6.07, 6.45) is 1.22. The van der Waals surface area contributed by atoms with Crippen molar-refractivity contribution in [2.75, 3.05) is 18.6 Å². The molecule has 0 atom stereocenters. The number of sulfone groups is 1. The van der Waals surface area contributed by atoms with Crippen molar-refractivity contribution in [3.8, 4) is 5.75 Å². The van der Waals surface area contributed by atoms with E-state index in [1.807, 2.05) is 18.2 Å². The predicted octanol–water partition coefficient (Wildman–Crippen LogP) is 1.16. The van der Waals surface area contributed by atoms with E-state index in [4.69, 9.17) is 4.74 Å². The molecule has 1 aliphatic heterocycles. The number of nitrogens with one attached hydrogen (secondary N) is 1. The van der Waals surface area contributed by atoms with Gasteiger partial charge in [-0.15, -0.1) is 0 Å². The Morgan fingerprint density at radius 2 is 2.05 bits per heavy atom. The Kier molecular flexibility index (Phi) is 3.52. The first-order valence-corrected chi connectivity index (χ1v) is 8.78. The summed E-state index contributed by atoms with van der Waals surface area (Å²) < 4.78 is 30.0. The number of para-hydroxylation sites is 1. The molecule has 1 saturated heterocycles. The topological polar surface area (TPSA) is 81.2 Å². The molecule has 1 aliphatic rings. The third kappa shape index (κ3) is 2.70. The monoisotopic (exact) mass is 310 g/mol. The minimum Gasteiger partial charge on any atom is -0.494 e. The summed E-state index contributed by atoms with van der Waals surface area (Å²) >= 11 is 0. The molecule has 7 heteroatoms. The minimum absolute atomic E-state index is 0.178. The second-order valence-electron chi connectivity index (χ2n) is 5.49. The van der Waals surface area contributed by atoms with E-state index in [0.717, 1.165) is 11.0 Å². The molecule has 0 spiro atoms. The fourth-order valence-electron chi connectivity index (χ4n) is 2.90. The molecule has 21 heavy (non-hydrogen) atoms. The molecule has 2 heterocycles. The van der Waals surface area contributed by atoms with Gasteiger partial charge in [0.15, 0.2) is 0 Å². The number of H-pyrrole nitrogens is 1. The lowest BCUT2D eigenvalue weighted by Crippen LogP contribution is -2.29. The van der Waals surface area contributed by atoms with Gasteiger partial charge in [-0.05, 0) is 30.9 Å². The summed E-state index contributed by atoms with van der Waals surface area (Å²) in [5.74, 6) is 1.28. The summed E-state index contributed by atoms with van der Waals surface area (Å²) in [6, 6.07) is 5.48. The maximum Gasteiger partial charge on any atom is 0.326 e. The molecule has 0 unspecified atom stereocenters. The van der Waals surface area contributed by atoms with Gasteiger partial charge in [0.1, 0.15) is 21.1 Å². The Labute approximate surface area is 122 Å². The van der Waals surface area contributed by atoms with Gasteiger partial charge >= 0.3 is 5.69 Å². The zero-order valence-corrected chi connectivity index (χ0v) is 12.6. The number of benzene rings is 1. The first kappa shape index (κ1) is 14.2. The number of methoxy groups -OCH3 is 1. The number of fused-ring (bicyclic) bond motifs is 1. The van der Waals surface area contributed by atoms with E-state index < -0.39 is 9.84 Å². The Morgan fingerprint density at radius 3 is 2.71 bits per heavy atom. The Morgan fingerprint density at radius 1 is 1.33 bits per heavy atom. The third-order valence-corrected chi connectivity index (χ3v) is 5.81. The highest BCUT2D eigenvalue weighted by molar-refractivity contribution is 7.91. The molecule has 1 N–H and O–H groups in total. The van der Waals surface area contributed by atoms with Crippen LogP contribution in [0.5, 0.6) is 5.75 Å². The molecule has 1 aromatic carbocycles. The van der Waals surface area contributed by atoms with Gasteiger partial charge in [0.05, 0.1) is 24.1 Å². The van der Waals surface area contributed by atoms with Gasteiger partial charge in [-0.1, -0.05) is 6.07 Å². The van der Waals surface area contributed by atoms with Crippen LogP contribution in [0.3, 0.4) is 0 Å². The van der Waals surface area contributed by atoms with Crippen LogP contribution in [0.4, 0.5) is 0 Å². The molecule has 0 aliphatic carbocycles. The summed E-state index contributed by atoms with van der Waals surface area (Å²) in [5, 5.41) is 0. The lowest BCUT2D eigenvalue weighted by Gasteiger charge is -2.22. The molecule has 2 aromatic rings. The highest BCUT2D eigenvalue weighted by Gasteiger charge is 2.25. The van der Waals surface area contributed by atoms with Crippen LogP contribution in [0.25, 0.3) is 11.0 Å². The van der Waals surface area contributed by atoms with Gasteiger partial charge in [0.2, 0.25) is 0 Å². The van der Waals surface area contributed by atoms with Crippen LogP contribution in [0.15, 0.2) is 23.0 Å². The van der Waals surface area contributed by atoms with Crippen LogP contribution in [-0.2, 0) is 16.4 Å². The second-order valence-corrected chi connectivity index (χ2v) is 7.80. The molecule has 0 radical (unpaired) electrons. The van der Waals surface area contributed by atoms with Crippen molar-refractivity contribution in [3.05, 3.63) is 28.7 Å². The van der Waals surface area contributed by atoms with Crippen LogP contribution < -0.4 is 10.4 Å². The summed E-state index contributed by atoms with van der Waals surface area (Å²) in [6.45, 7) is 0.523. The van der Waals surface area contributed by atoms with Crippen molar-refractivity contribution in [2.45, 2.75) is 19.4 Å². The lowest BCUT2D eigenvalue weighted by atomic mass is 10.0. The maximum absolute atomic E-state index is 12.1. The first-order chi connectivity index (χ1) is 10.00. The van der Waals surface area contributed by atoms with Crippen LogP contribution in [0.2, 0.25) is 0 Å². The number of aromatic nitrogens is 2. The predicted molar refractivity (Wildman–Crippen MR) is 80.5 cm³/mol. The number of aromatic amines is 1. The average molecular weight is 310 g/mol. The van der Waals surface area contributed by atoms with Gasteiger partial charge in [-0.2, -0.15) is 0 Å². The standard InChI is InChI=1S/C14H18N2O4S/c1-20-12-4-2-3-11-13(12)16(14(17)15-11)9-10-5-7-21(18,19)8-6-10/h2-4,10H,5-9H2,1H3,(H,15,17). The Balaban J connectivity index is 1.94. The first-order valence-electron chi connectivity index (χ1n) is 6.96. The van der Waals surface area contributed by atoms with E-state index in [1.54, 1.807) is 11.7 Å². The molecule has 3 rings (SSSR count). The third-order valence-electron chi connectivity index (χ3n) is 4.09. The van der Waals surface area contributed by atoms with E-state index in [2.05, 4.69) is 4.98 Å². The van der Waals surface area contributed by atoms with E-state index in [0.29, 0.717) is 25.1 Å². The number of rotatable bonds is 3. The van der Waals surface area contributed by atoms with E-state index in [-0.39, 0.29) is 23.1 Å². The largest absolute Gasteiger partial charge is 0.494 e. The highest BCUT2D eigenvalue weighted by Crippen LogP contribution is 2.26. The van der Waals surface area contributed by atoms with Crippen molar-refractivity contribution in [1.29, 1.82) is 0 Å². The number of nitrogens with zero attached hydrogens (tertiary/aromatic N) is 1. The molecule has 114 valence electrons. The number of hydrogen-bond donors (Lipinski definition) is 1. The fourth-order valence-corrected chi connectivity index (χ4v) is 4.49. The van der Waals surface area contributed by atoms with Crippen molar-refractivity contribution in [1.82, 2.24) is 9.55 Å². The summed E-state index contributed by atoms with van der Waals surface area (Å²) in [5.41, 5.74) is 1.31. The van der Waals surface area contributed by atoms with Crippen LogP contribution in [0.1, 0.15) is 12.8 Å². The molecule has 0 bridgehead atoms. The quantitative estimate of drug-likeness (QED) is 0.922. The molecule has 1 aromatic heterocycles. The minimum atomic E-state index is -2.88. The Hall–Kier alpha value is -1.76. The SMILES string of the molecule is COc1cccc2[nH]c(=O)n(CC3CCS(=O)(=O)CC3)c12. The molecule has 0 saturated carbocycles. The summed E-state index contributed by atoms with van der Waals surface area (Å²) in [4.78, 5) is 15.0. The number of ether oxygens (including phenoxy) is 1. The van der Waals surface area contributed by atoms with Crippen LogP contribution in [0, 0.1) is 5.92 Å². The number of imidazole rings is 1. The van der Waals surface area contributed by atoms with Gasteiger partial charge < -0.3 is 9.72 Å². The van der Waals surface area contributed by atoms with Crippen LogP contribution >= 0.6 is 0 Å². The van der Waals surface area contributed by atoms with Crippen molar-refractivity contribution < 1.29 is 13.2 Å². The fraction of sp³-hybridized carbons (Fsp3) is 0.500. The van der Waals surface area contributed by atoms with Gasteiger partial charge in [-0.25, -0.2) is 13.2 Å². The second kappa shape index (κ2) is 5.22. The van der Waals surface area contributed by atoms with Crippen LogP contribution in [-0.4, -0.2) is 36.6 Å². The molecular weight excluding hydrogens is 292 g/mol. The van der Waals surface area contributed by atoms with Crippen molar-refractivity contribution in [2.24, 2.45) is 5.92 Å². The summed E-state index contributed by atoms with van der Waals surface area (Å²) in [7, 11) is -1.31. The van der Waals surface area contributed by atoms with Crippen molar-refractivity contribution >= 4 is 20.9 Å². The lowest BCUT2D eigenvalue weighted by molar-refractivity contribution is 0.394. The maximum atomic E-state index is 12.1. The average Bonchev–Trinajstić information content (AvgIpc) is 2.77. The zero-order valence-electron chi connectivity index (χ0n) is 11.8. The van der Waals surface area contributed by atoms with E-state index in [9.17, 15) is 13.2 Å². The van der Waals surface area contributed by atoms with E-state index >= 15 is 0 Å². The van der Waals surface area contributed by atoms with Gasteiger partial charge in [0.25, 0.3) is 0 Å². The number of hydrogen-bond acceptors (Lipinski definition) is 4. The van der Waals surface area contributed by atoms with E-state index in [1.165, 1.54) is 0 Å². The van der Waals surface area contributed by atoms with Gasteiger partial charge in [-0.3, -0.25) is 4.57 Å². The Bertz CT molecular complexity index is 805. The molecular formula is C14H18N2O4S. The molecule has 0 amide bonds. The van der Waals surface area contributed by atoms with Gasteiger partial charge in [0, 0.05) is 6.54 Å². The zero-order chi connectivity index (χ0) is 15.0. The highest BCUT2D eigenvalue weighted by atomic mass is 32.2.